The summed E-state index contributed by atoms with van der Waals surface area (Å²) in [7, 11) is 1.61. The molecule has 3 atom stereocenters. The maximum Gasteiger partial charge on any atom is 0.160 e. The monoisotopic (exact) mass is 158 g/mol. The molecule has 1 aliphatic rings. The highest BCUT2D eigenvalue weighted by atomic mass is 16.7. The van der Waals surface area contributed by atoms with Crippen LogP contribution in [0.15, 0.2) is 0 Å². The first-order chi connectivity index (χ1) is 5.27. The Labute approximate surface area is 66.7 Å². The van der Waals surface area contributed by atoms with Gasteiger partial charge in [0.1, 0.15) is 12.4 Å². The highest BCUT2D eigenvalue weighted by molar-refractivity contribution is 5.56. The summed E-state index contributed by atoms with van der Waals surface area (Å²) in [5.74, 6) is 0.399. The Morgan fingerprint density at radius 3 is 2.82 bits per heavy atom. The Morgan fingerprint density at radius 1 is 1.55 bits per heavy atom. The zero-order valence-corrected chi connectivity index (χ0v) is 6.95. The number of hydrogen-bond acceptors (Lipinski definition) is 3. The topological polar surface area (TPSA) is 35.5 Å². The number of aldehydes is 1. The molecule has 1 aliphatic heterocycles. The molecule has 0 N–H and O–H groups in total. The lowest BCUT2D eigenvalue weighted by Crippen LogP contribution is -2.35. The smallest absolute Gasteiger partial charge is 0.160 e. The molecule has 0 aromatic heterocycles. The minimum atomic E-state index is -0.254. The van der Waals surface area contributed by atoms with E-state index in [2.05, 4.69) is 6.92 Å². The van der Waals surface area contributed by atoms with Crippen molar-refractivity contribution in [2.45, 2.75) is 32.2 Å². The summed E-state index contributed by atoms with van der Waals surface area (Å²) in [6.45, 7) is 2.06. The van der Waals surface area contributed by atoms with E-state index in [1.54, 1.807) is 7.11 Å². The second kappa shape index (κ2) is 3.83. The van der Waals surface area contributed by atoms with Gasteiger partial charge in [0.15, 0.2) is 6.29 Å². The van der Waals surface area contributed by atoms with Gasteiger partial charge in [0.25, 0.3) is 0 Å². The summed E-state index contributed by atoms with van der Waals surface area (Å²) >= 11 is 0. The molecule has 0 aromatic carbocycles. The summed E-state index contributed by atoms with van der Waals surface area (Å²) in [6.07, 6.45) is 2.22. The van der Waals surface area contributed by atoms with Crippen LogP contribution in [0.3, 0.4) is 0 Å². The van der Waals surface area contributed by atoms with Crippen molar-refractivity contribution < 1.29 is 14.3 Å². The van der Waals surface area contributed by atoms with Gasteiger partial charge in [0, 0.05) is 13.0 Å². The van der Waals surface area contributed by atoms with Gasteiger partial charge in [-0.15, -0.1) is 0 Å². The molecule has 1 saturated heterocycles. The minimum Gasteiger partial charge on any atom is -0.356 e. The third kappa shape index (κ3) is 2.01. The molecule has 0 radical (unpaired) electrons. The first-order valence-corrected chi connectivity index (χ1v) is 3.91. The van der Waals surface area contributed by atoms with E-state index >= 15 is 0 Å². The molecule has 0 aliphatic carbocycles. The van der Waals surface area contributed by atoms with Gasteiger partial charge in [0.2, 0.25) is 0 Å². The molecule has 1 rings (SSSR count). The molecule has 0 spiro atoms. The van der Waals surface area contributed by atoms with Crippen molar-refractivity contribution in [2.24, 2.45) is 5.92 Å². The number of hydrogen-bond donors (Lipinski definition) is 0. The maximum atomic E-state index is 10.3. The number of carbonyl (C=O) groups excluding carboxylic acids is 1. The zero-order valence-electron chi connectivity index (χ0n) is 6.95. The van der Waals surface area contributed by atoms with Crippen molar-refractivity contribution in [3.8, 4) is 0 Å². The molecule has 1 fully saturated rings. The normalized spacial score (nSPS) is 38.5. The minimum absolute atomic E-state index is 0.195. The van der Waals surface area contributed by atoms with Crippen LogP contribution in [0.5, 0.6) is 0 Å². The number of rotatable bonds is 2. The quantitative estimate of drug-likeness (QED) is 0.562. The van der Waals surface area contributed by atoms with Crippen LogP contribution in [0.1, 0.15) is 19.8 Å². The second-order valence-corrected chi connectivity index (χ2v) is 2.97. The predicted octanol–water partition coefficient (Wildman–Crippen LogP) is 0.973. The van der Waals surface area contributed by atoms with Gasteiger partial charge in [-0.25, -0.2) is 0 Å². The molecule has 3 unspecified atom stereocenters. The molecular formula is C8H14O3. The molecular weight excluding hydrogens is 144 g/mol. The highest BCUT2D eigenvalue weighted by Gasteiger charge is 2.27. The van der Waals surface area contributed by atoms with Crippen LogP contribution in [0.4, 0.5) is 0 Å². The average molecular weight is 158 g/mol. The van der Waals surface area contributed by atoms with E-state index in [4.69, 9.17) is 9.47 Å². The summed E-state index contributed by atoms with van der Waals surface area (Å²) in [5, 5.41) is 0. The third-order valence-corrected chi connectivity index (χ3v) is 2.06. The van der Waals surface area contributed by atoms with Crippen molar-refractivity contribution in [3.05, 3.63) is 0 Å². The lowest BCUT2D eigenvalue weighted by molar-refractivity contribution is -0.200. The van der Waals surface area contributed by atoms with E-state index in [0.29, 0.717) is 5.92 Å². The van der Waals surface area contributed by atoms with E-state index in [-0.39, 0.29) is 12.4 Å². The van der Waals surface area contributed by atoms with Crippen LogP contribution in [0.2, 0.25) is 0 Å². The molecule has 0 saturated carbocycles. The fourth-order valence-corrected chi connectivity index (χ4v) is 1.33. The van der Waals surface area contributed by atoms with Crippen LogP contribution >= 0.6 is 0 Å². The van der Waals surface area contributed by atoms with Gasteiger partial charge < -0.3 is 14.3 Å². The van der Waals surface area contributed by atoms with E-state index in [0.717, 1.165) is 19.1 Å². The standard InChI is InChI=1S/C8H14O3/c1-6-3-4-7(5-9)11-8(6)10-2/h5-8H,3-4H2,1-2H3. The average Bonchev–Trinajstić information content (AvgIpc) is 2.05. The van der Waals surface area contributed by atoms with E-state index in [1.165, 1.54) is 0 Å². The van der Waals surface area contributed by atoms with Gasteiger partial charge in [-0.2, -0.15) is 0 Å². The number of methoxy groups -OCH3 is 1. The summed E-state index contributed by atoms with van der Waals surface area (Å²) in [6, 6.07) is 0. The number of carbonyl (C=O) groups is 1. The molecule has 64 valence electrons. The van der Waals surface area contributed by atoms with Gasteiger partial charge in [-0.05, 0) is 12.8 Å². The van der Waals surface area contributed by atoms with Gasteiger partial charge in [-0.3, -0.25) is 0 Å². The lowest BCUT2D eigenvalue weighted by atomic mass is 9.99. The van der Waals surface area contributed by atoms with Gasteiger partial charge >= 0.3 is 0 Å². The number of ether oxygens (including phenoxy) is 2. The zero-order chi connectivity index (χ0) is 8.27. The fourth-order valence-electron chi connectivity index (χ4n) is 1.33. The molecule has 0 aromatic rings. The van der Waals surface area contributed by atoms with E-state index in [1.807, 2.05) is 0 Å². The van der Waals surface area contributed by atoms with Crippen molar-refractivity contribution >= 4 is 6.29 Å². The molecule has 3 heteroatoms. The van der Waals surface area contributed by atoms with Crippen LogP contribution in [0.25, 0.3) is 0 Å². The Hall–Kier alpha value is -0.410. The van der Waals surface area contributed by atoms with Crippen LogP contribution in [-0.4, -0.2) is 25.8 Å². The Kier molecular flexibility index (Phi) is 3.02. The predicted molar refractivity (Wildman–Crippen MR) is 40.1 cm³/mol. The summed E-state index contributed by atoms with van der Waals surface area (Å²) in [4.78, 5) is 10.3. The van der Waals surface area contributed by atoms with Gasteiger partial charge in [0.05, 0.1) is 0 Å². The summed E-state index contributed by atoms with van der Waals surface area (Å²) in [5.41, 5.74) is 0. The van der Waals surface area contributed by atoms with Crippen LogP contribution < -0.4 is 0 Å². The largest absolute Gasteiger partial charge is 0.356 e. The molecule has 0 amide bonds. The van der Waals surface area contributed by atoms with Crippen molar-refractivity contribution in [1.29, 1.82) is 0 Å². The van der Waals surface area contributed by atoms with Crippen molar-refractivity contribution in [2.75, 3.05) is 7.11 Å². The lowest BCUT2D eigenvalue weighted by Gasteiger charge is -2.31. The molecule has 11 heavy (non-hydrogen) atoms. The second-order valence-electron chi connectivity index (χ2n) is 2.97. The Morgan fingerprint density at radius 2 is 2.27 bits per heavy atom. The maximum absolute atomic E-state index is 10.3. The highest BCUT2D eigenvalue weighted by Crippen LogP contribution is 2.23. The van der Waals surface area contributed by atoms with Crippen LogP contribution in [0, 0.1) is 5.92 Å². The summed E-state index contributed by atoms with van der Waals surface area (Å²) < 4.78 is 10.4. The molecule has 1 heterocycles. The third-order valence-electron chi connectivity index (χ3n) is 2.06. The first-order valence-electron chi connectivity index (χ1n) is 3.91. The van der Waals surface area contributed by atoms with Crippen LogP contribution in [-0.2, 0) is 14.3 Å². The van der Waals surface area contributed by atoms with E-state index in [9.17, 15) is 4.79 Å². The molecule has 3 nitrogen and oxygen atoms in total. The van der Waals surface area contributed by atoms with Crippen molar-refractivity contribution in [3.63, 3.8) is 0 Å². The fraction of sp³-hybridized carbons (Fsp3) is 0.875. The molecule has 0 bridgehead atoms. The van der Waals surface area contributed by atoms with E-state index < -0.39 is 0 Å². The Bertz CT molecular complexity index is 135. The first kappa shape index (κ1) is 8.68. The SMILES string of the molecule is COC1OC(C=O)CCC1C. The van der Waals surface area contributed by atoms with Gasteiger partial charge in [-0.1, -0.05) is 6.92 Å². The Balaban J connectivity index is 2.43. The van der Waals surface area contributed by atoms with Crippen molar-refractivity contribution in [1.82, 2.24) is 0 Å².